The molecule has 0 bridgehead atoms. The molecule has 0 saturated carbocycles. The second-order valence-electron chi connectivity index (χ2n) is 4.19. The summed E-state index contributed by atoms with van der Waals surface area (Å²) in [5.74, 6) is 1.62. The van der Waals surface area contributed by atoms with Gasteiger partial charge in [0.2, 0.25) is 11.9 Å². The lowest BCUT2D eigenvalue weighted by Gasteiger charge is -2.07. The van der Waals surface area contributed by atoms with Crippen LogP contribution in [0.4, 0.5) is 5.95 Å². The summed E-state index contributed by atoms with van der Waals surface area (Å²) in [4.78, 5) is 21.3. The molecule has 3 aromatic heterocycles. The van der Waals surface area contributed by atoms with Crippen molar-refractivity contribution in [3.63, 3.8) is 0 Å². The maximum atomic E-state index is 4.47. The Morgan fingerprint density at radius 3 is 2.75 bits per heavy atom. The Labute approximate surface area is 115 Å². The van der Waals surface area contributed by atoms with Crippen molar-refractivity contribution in [2.24, 2.45) is 0 Å². The van der Waals surface area contributed by atoms with E-state index in [9.17, 15) is 0 Å². The molecule has 3 aromatic rings. The lowest BCUT2D eigenvalue weighted by Crippen LogP contribution is -2.06. The van der Waals surface area contributed by atoms with Gasteiger partial charge in [-0.1, -0.05) is 0 Å². The minimum Gasteiger partial charge on any atom is -0.357 e. The van der Waals surface area contributed by atoms with Crippen molar-refractivity contribution in [3.05, 3.63) is 42.7 Å². The highest BCUT2D eigenvalue weighted by molar-refractivity contribution is 5.56. The zero-order valence-electron chi connectivity index (χ0n) is 11.1. The minimum absolute atomic E-state index is 0.508. The van der Waals surface area contributed by atoms with E-state index < -0.39 is 0 Å². The molecule has 0 spiro atoms. The molecule has 20 heavy (non-hydrogen) atoms. The number of anilines is 1. The zero-order chi connectivity index (χ0) is 13.9. The van der Waals surface area contributed by atoms with Crippen LogP contribution in [0.2, 0.25) is 0 Å². The van der Waals surface area contributed by atoms with E-state index in [1.165, 1.54) is 0 Å². The van der Waals surface area contributed by atoms with Crippen molar-refractivity contribution < 1.29 is 0 Å². The van der Waals surface area contributed by atoms with Crippen molar-refractivity contribution in [2.45, 2.75) is 6.92 Å². The molecule has 0 fully saturated rings. The predicted octanol–water partition coefficient (Wildman–Crippen LogP) is 1.47. The first-order chi connectivity index (χ1) is 9.76. The van der Waals surface area contributed by atoms with Gasteiger partial charge in [-0.2, -0.15) is 15.0 Å². The monoisotopic (exact) mass is 267 g/mol. The van der Waals surface area contributed by atoms with Crippen molar-refractivity contribution in [1.29, 1.82) is 0 Å². The maximum absolute atomic E-state index is 4.47. The summed E-state index contributed by atoms with van der Waals surface area (Å²) in [5, 5.41) is 2.94. The number of aryl methyl sites for hydroxylation is 1. The number of pyridine rings is 1. The fraction of sp³-hybridized carbons (Fsp3) is 0.154. The summed E-state index contributed by atoms with van der Waals surface area (Å²) in [7, 11) is 1.77. The SMILES string of the molecule is CNc1nc(-c2ccnc(C)c2)nc(-n2ccnc2)n1. The molecule has 0 aliphatic heterocycles. The summed E-state index contributed by atoms with van der Waals surface area (Å²) in [6.45, 7) is 1.93. The first kappa shape index (κ1) is 12.2. The molecular formula is C13H13N7. The van der Waals surface area contributed by atoms with Crippen LogP contribution in [-0.4, -0.2) is 36.5 Å². The smallest absolute Gasteiger partial charge is 0.240 e. The molecular weight excluding hydrogens is 254 g/mol. The van der Waals surface area contributed by atoms with Gasteiger partial charge in [-0.3, -0.25) is 9.55 Å². The van der Waals surface area contributed by atoms with Crippen LogP contribution >= 0.6 is 0 Å². The van der Waals surface area contributed by atoms with Crippen LogP contribution in [0, 0.1) is 6.92 Å². The van der Waals surface area contributed by atoms with Gasteiger partial charge in [-0.25, -0.2) is 4.98 Å². The van der Waals surface area contributed by atoms with Crippen LogP contribution in [0.5, 0.6) is 0 Å². The van der Waals surface area contributed by atoms with Crippen LogP contribution in [0.1, 0.15) is 5.69 Å². The predicted molar refractivity (Wildman–Crippen MR) is 74.5 cm³/mol. The highest BCUT2D eigenvalue weighted by atomic mass is 15.2. The fourth-order valence-corrected chi connectivity index (χ4v) is 1.78. The third kappa shape index (κ3) is 2.33. The molecule has 0 aliphatic carbocycles. The van der Waals surface area contributed by atoms with Crippen LogP contribution in [0.15, 0.2) is 37.1 Å². The molecule has 0 saturated heterocycles. The number of nitrogens with one attached hydrogen (secondary N) is 1. The molecule has 0 aromatic carbocycles. The summed E-state index contributed by atoms with van der Waals surface area (Å²) in [6, 6.07) is 3.81. The van der Waals surface area contributed by atoms with Gasteiger partial charge in [0.15, 0.2) is 5.82 Å². The van der Waals surface area contributed by atoms with Gasteiger partial charge in [0.25, 0.3) is 0 Å². The van der Waals surface area contributed by atoms with Gasteiger partial charge in [-0.05, 0) is 19.1 Å². The van der Waals surface area contributed by atoms with E-state index >= 15 is 0 Å². The van der Waals surface area contributed by atoms with E-state index in [0.717, 1.165) is 11.3 Å². The highest BCUT2D eigenvalue weighted by Crippen LogP contribution is 2.17. The maximum Gasteiger partial charge on any atom is 0.240 e. The molecule has 0 amide bonds. The lowest BCUT2D eigenvalue weighted by molar-refractivity contribution is 0.901. The third-order valence-corrected chi connectivity index (χ3v) is 2.74. The number of aromatic nitrogens is 6. The lowest BCUT2D eigenvalue weighted by atomic mass is 10.2. The number of imidazole rings is 1. The Hall–Kier alpha value is -2.83. The zero-order valence-corrected chi connectivity index (χ0v) is 11.1. The average molecular weight is 267 g/mol. The molecule has 1 N–H and O–H groups in total. The minimum atomic E-state index is 0.508. The Kier molecular flexibility index (Phi) is 3.08. The van der Waals surface area contributed by atoms with Gasteiger partial charge in [0.1, 0.15) is 6.33 Å². The summed E-state index contributed by atoms with van der Waals surface area (Å²) in [5.41, 5.74) is 1.82. The molecule has 3 heterocycles. The van der Waals surface area contributed by atoms with Crippen molar-refractivity contribution in [1.82, 2.24) is 29.5 Å². The van der Waals surface area contributed by atoms with Crippen LogP contribution in [0.3, 0.4) is 0 Å². The number of hydrogen-bond acceptors (Lipinski definition) is 6. The molecule has 3 rings (SSSR count). The summed E-state index contributed by atoms with van der Waals surface area (Å²) in [6.07, 6.45) is 6.86. The van der Waals surface area contributed by atoms with E-state index in [4.69, 9.17) is 0 Å². The van der Waals surface area contributed by atoms with E-state index in [0.29, 0.717) is 17.7 Å². The normalized spacial score (nSPS) is 10.5. The largest absolute Gasteiger partial charge is 0.357 e. The number of rotatable bonds is 3. The fourth-order valence-electron chi connectivity index (χ4n) is 1.78. The Balaban J connectivity index is 2.14. The molecule has 100 valence electrons. The van der Waals surface area contributed by atoms with Crippen molar-refractivity contribution >= 4 is 5.95 Å². The topological polar surface area (TPSA) is 81.4 Å². The average Bonchev–Trinajstić information content (AvgIpc) is 3.01. The molecule has 0 atom stereocenters. The third-order valence-electron chi connectivity index (χ3n) is 2.74. The van der Waals surface area contributed by atoms with Gasteiger partial charge in [0, 0.05) is 36.9 Å². The van der Waals surface area contributed by atoms with Crippen molar-refractivity contribution in [3.8, 4) is 17.3 Å². The highest BCUT2D eigenvalue weighted by Gasteiger charge is 2.09. The second kappa shape index (κ2) is 5.04. The van der Waals surface area contributed by atoms with Crippen LogP contribution in [-0.2, 0) is 0 Å². The first-order valence-corrected chi connectivity index (χ1v) is 6.11. The van der Waals surface area contributed by atoms with E-state index in [1.807, 2.05) is 19.1 Å². The number of hydrogen-bond donors (Lipinski definition) is 1. The van der Waals surface area contributed by atoms with Crippen LogP contribution in [0.25, 0.3) is 17.3 Å². The standard InChI is InChI=1S/C13H13N7/c1-9-7-10(3-4-16-9)11-17-12(14-2)19-13(18-11)20-6-5-15-8-20/h3-8H,1-2H3,(H,14,17,18,19). The van der Waals surface area contributed by atoms with E-state index in [2.05, 4.69) is 30.2 Å². The Morgan fingerprint density at radius 1 is 1.15 bits per heavy atom. The molecule has 0 radical (unpaired) electrons. The Bertz CT molecular complexity index is 721. The first-order valence-electron chi connectivity index (χ1n) is 6.11. The van der Waals surface area contributed by atoms with Crippen LogP contribution < -0.4 is 5.32 Å². The van der Waals surface area contributed by atoms with E-state index in [1.54, 1.807) is 36.5 Å². The quantitative estimate of drug-likeness (QED) is 0.774. The van der Waals surface area contributed by atoms with Gasteiger partial charge < -0.3 is 5.32 Å². The molecule has 7 nitrogen and oxygen atoms in total. The second-order valence-corrected chi connectivity index (χ2v) is 4.19. The molecule has 0 unspecified atom stereocenters. The van der Waals surface area contributed by atoms with Gasteiger partial charge in [-0.15, -0.1) is 0 Å². The van der Waals surface area contributed by atoms with Crippen molar-refractivity contribution in [2.75, 3.05) is 12.4 Å². The summed E-state index contributed by atoms with van der Waals surface area (Å²) < 4.78 is 1.74. The van der Waals surface area contributed by atoms with E-state index in [-0.39, 0.29) is 0 Å². The number of nitrogens with zero attached hydrogens (tertiary/aromatic N) is 6. The Morgan fingerprint density at radius 2 is 2.05 bits per heavy atom. The molecule has 0 aliphatic rings. The van der Waals surface area contributed by atoms with Gasteiger partial charge >= 0.3 is 0 Å². The van der Waals surface area contributed by atoms with Gasteiger partial charge in [0.05, 0.1) is 0 Å². The molecule has 7 heteroatoms. The summed E-state index contributed by atoms with van der Waals surface area (Å²) >= 11 is 0.